The number of hydrogen-bond donors (Lipinski definition) is 0. The summed E-state index contributed by atoms with van der Waals surface area (Å²) in [5.41, 5.74) is 12.1. The fraction of sp³-hybridized carbons (Fsp3) is 0.600. The maximum Gasteiger partial charge on any atom is 0.0214 e. The average molecular weight is 626 g/mol. The molecule has 0 unspecified atom stereocenters. The largest absolute Gasteiger partial charge is 0.0883 e. The van der Waals surface area contributed by atoms with Gasteiger partial charge >= 0.3 is 0 Å². The molecule has 0 aromatic rings. The molecule has 0 heterocycles. The average Bonchev–Trinajstić information content (AvgIpc) is 2.88. The smallest absolute Gasteiger partial charge is 0.0214 e. The zero-order valence-corrected chi connectivity index (χ0v) is 30.2. The zero-order valence-electron chi connectivity index (χ0n) is 28.6. The van der Waals surface area contributed by atoms with Crippen molar-refractivity contribution >= 4 is 15.9 Å². The molecular weight excluding hydrogens is 560 g/mol. The maximum atomic E-state index is 3.48. The molecule has 0 aromatic carbocycles. The lowest BCUT2D eigenvalue weighted by atomic mass is 10.0. The Bertz CT molecular complexity index is 951. The standard InChI is InChI=1S/C40H65Br/c1-33(2)17-10-18-34(3)19-11-20-35(4)21-12-22-36(5)23-13-24-37(6)25-14-26-38(7)27-15-28-39(8)29-16-30-40(9)31-32-41/h17,19,21,23,25,27,29,31H,10-16,18,20,22,24,26,28,30,32H2,1-9H3/b34-19?,35-21?,36-23?,37-25?,38-27?,39-29?,40-31+. The first-order valence-electron chi connectivity index (χ1n) is 16.3. The van der Waals surface area contributed by atoms with E-state index >= 15 is 0 Å². The van der Waals surface area contributed by atoms with E-state index in [9.17, 15) is 0 Å². The van der Waals surface area contributed by atoms with Crippen LogP contribution in [0.5, 0.6) is 0 Å². The molecule has 0 fully saturated rings. The van der Waals surface area contributed by atoms with E-state index < -0.39 is 0 Å². The van der Waals surface area contributed by atoms with Crippen molar-refractivity contribution in [2.45, 2.75) is 152 Å². The van der Waals surface area contributed by atoms with Gasteiger partial charge in [-0.25, -0.2) is 0 Å². The van der Waals surface area contributed by atoms with E-state index in [1.165, 1.54) is 128 Å². The Morgan fingerprint density at radius 1 is 0.317 bits per heavy atom. The number of hydrogen-bond acceptors (Lipinski definition) is 0. The number of rotatable bonds is 22. The van der Waals surface area contributed by atoms with Gasteiger partial charge in [-0.2, -0.15) is 0 Å². The van der Waals surface area contributed by atoms with Crippen molar-refractivity contribution in [3.05, 3.63) is 93.2 Å². The van der Waals surface area contributed by atoms with E-state index in [0.717, 1.165) is 11.8 Å². The summed E-state index contributed by atoms with van der Waals surface area (Å²) in [4.78, 5) is 0. The van der Waals surface area contributed by atoms with E-state index in [-0.39, 0.29) is 0 Å². The van der Waals surface area contributed by atoms with Crippen molar-refractivity contribution < 1.29 is 0 Å². The van der Waals surface area contributed by atoms with Gasteiger partial charge in [0, 0.05) is 5.33 Å². The van der Waals surface area contributed by atoms with E-state index in [0.29, 0.717) is 0 Å². The summed E-state index contributed by atoms with van der Waals surface area (Å²) in [7, 11) is 0. The minimum absolute atomic E-state index is 0.964. The third kappa shape index (κ3) is 27.0. The van der Waals surface area contributed by atoms with Crippen LogP contribution in [-0.2, 0) is 0 Å². The summed E-state index contributed by atoms with van der Waals surface area (Å²) in [5, 5.41) is 0.964. The lowest BCUT2D eigenvalue weighted by Crippen LogP contribution is -1.84. The van der Waals surface area contributed by atoms with Gasteiger partial charge < -0.3 is 0 Å². The van der Waals surface area contributed by atoms with Crippen LogP contribution in [0.15, 0.2) is 93.2 Å². The Labute approximate surface area is 265 Å². The predicted octanol–water partition coefficient (Wildman–Crippen LogP) is 14.4. The van der Waals surface area contributed by atoms with E-state index in [1.54, 1.807) is 0 Å². The van der Waals surface area contributed by atoms with Crippen LogP contribution in [0, 0.1) is 0 Å². The van der Waals surface area contributed by atoms with Crippen molar-refractivity contribution in [3.63, 3.8) is 0 Å². The first-order valence-corrected chi connectivity index (χ1v) is 17.4. The topological polar surface area (TPSA) is 0 Å². The lowest BCUT2D eigenvalue weighted by molar-refractivity contribution is 0.882. The van der Waals surface area contributed by atoms with Crippen molar-refractivity contribution in [1.29, 1.82) is 0 Å². The minimum atomic E-state index is 0.964. The fourth-order valence-electron chi connectivity index (χ4n) is 4.71. The van der Waals surface area contributed by atoms with Gasteiger partial charge in [-0.05, 0) is 152 Å². The third-order valence-electron chi connectivity index (χ3n) is 7.71. The first-order chi connectivity index (χ1) is 19.5. The summed E-state index contributed by atoms with van der Waals surface area (Å²) >= 11 is 3.48. The fourth-order valence-corrected chi connectivity index (χ4v) is 5.26. The van der Waals surface area contributed by atoms with Crippen LogP contribution in [0.25, 0.3) is 0 Å². The molecule has 0 radical (unpaired) electrons. The molecule has 0 atom stereocenters. The van der Waals surface area contributed by atoms with Gasteiger partial charge in [-0.1, -0.05) is 109 Å². The highest BCUT2D eigenvalue weighted by Crippen LogP contribution is 2.17. The van der Waals surface area contributed by atoms with Gasteiger partial charge in [-0.3, -0.25) is 0 Å². The van der Waals surface area contributed by atoms with Gasteiger partial charge in [0.25, 0.3) is 0 Å². The molecule has 1 heteroatoms. The molecule has 0 nitrogen and oxygen atoms in total. The van der Waals surface area contributed by atoms with Crippen LogP contribution >= 0.6 is 15.9 Å². The Kier molecular flexibility index (Phi) is 25.0. The Balaban J connectivity index is 4.18. The normalized spacial score (nSPS) is 14.6. The van der Waals surface area contributed by atoms with Crippen LogP contribution in [-0.4, -0.2) is 5.33 Å². The van der Waals surface area contributed by atoms with E-state index in [4.69, 9.17) is 0 Å². The molecule has 0 saturated heterocycles. The van der Waals surface area contributed by atoms with Gasteiger partial charge in [-0.15, -0.1) is 0 Å². The zero-order chi connectivity index (χ0) is 30.9. The number of allylic oxidation sites excluding steroid dienone is 16. The molecule has 0 saturated carbocycles. The number of alkyl halides is 1. The van der Waals surface area contributed by atoms with Crippen molar-refractivity contribution in [1.82, 2.24) is 0 Å². The molecule has 0 rings (SSSR count). The number of halogens is 1. The molecule has 0 aromatic heterocycles. The van der Waals surface area contributed by atoms with Crippen molar-refractivity contribution in [2.24, 2.45) is 0 Å². The predicted molar refractivity (Wildman–Crippen MR) is 194 cm³/mol. The highest BCUT2D eigenvalue weighted by atomic mass is 79.9. The van der Waals surface area contributed by atoms with Crippen LogP contribution in [0.3, 0.4) is 0 Å². The van der Waals surface area contributed by atoms with Gasteiger partial charge in [0.05, 0.1) is 0 Å². The third-order valence-corrected chi connectivity index (χ3v) is 8.03. The molecule has 0 aliphatic rings. The molecule has 0 aliphatic carbocycles. The quantitative estimate of drug-likeness (QED) is 0.0829. The molecule has 0 aliphatic heterocycles. The monoisotopic (exact) mass is 624 g/mol. The van der Waals surface area contributed by atoms with E-state index in [1.807, 2.05) is 0 Å². The second-order valence-corrected chi connectivity index (χ2v) is 13.2. The second-order valence-electron chi connectivity index (χ2n) is 12.6. The van der Waals surface area contributed by atoms with Crippen LogP contribution < -0.4 is 0 Å². The van der Waals surface area contributed by atoms with Gasteiger partial charge in [0.1, 0.15) is 0 Å². The molecule has 0 spiro atoms. The van der Waals surface area contributed by atoms with Crippen LogP contribution in [0.1, 0.15) is 152 Å². The Morgan fingerprint density at radius 2 is 0.512 bits per heavy atom. The molecular formula is C40H65Br. The summed E-state index contributed by atoms with van der Waals surface area (Å²) in [6, 6.07) is 0. The summed E-state index contributed by atoms with van der Waals surface area (Å²) < 4.78 is 0. The van der Waals surface area contributed by atoms with Gasteiger partial charge in [0.15, 0.2) is 0 Å². The van der Waals surface area contributed by atoms with Crippen LogP contribution in [0.2, 0.25) is 0 Å². The van der Waals surface area contributed by atoms with Crippen molar-refractivity contribution in [3.8, 4) is 0 Å². The molecule has 0 bridgehead atoms. The Hall–Kier alpha value is -1.60. The summed E-state index contributed by atoms with van der Waals surface area (Å²) in [5.74, 6) is 0. The first kappa shape index (κ1) is 39.4. The minimum Gasteiger partial charge on any atom is -0.0883 e. The SMILES string of the molecule is CC(C)=CCCC(C)=CCCC(C)=CCCC(C)=CCCC(C)=CCCC(C)=CCCC(C)=CCC/C(C)=C/CBr. The molecule has 0 amide bonds. The van der Waals surface area contributed by atoms with E-state index in [2.05, 4.69) is 127 Å². The van der Waals surface area contributed by atoms with Crippen LogP contribution in [0.4, 0.5) is 0 Å². The molecule has 41 heavy (non-hydrogen) atoms. The lowest BCUT2D eigenvalue weighted by Gasteiger charge is -2.04. The maximum absolute atomic E-state index is 3.48. The summed E-state index contributed by atoms with van der Waals surface area (Å²) in [6.07, 6.45) is 35.7. The molecule has 232 valence electrons. The van der Waals surface area contributed by atoms with Gasteiger partial charge in [0.2, 0.25) is 0 Å². The van der Waals surface area contributed by atoms with Crippen molar-refractivity contribution in [2.75, 3.05) is 5.33 Å². The highest BCUT2D eigenvalue weighted by Gasteiger charge is 1.96. The molecule has 0 N–H and O–H groups in total. The highest BCUT2D eigenvalue weighted by molar-refractivity contribution is 9.09. The summed E-state index contributed by atoms with van der Waals surface area (Å²) in [6.45, 7) is 20.3. The second kappa shape index (κ2) is 26.1. The Morgan fingerprint density at radius 3 is 0.707 bits per heavy atom.